The Balaban J connectivity index is 0.000000488. The second-order valence-electron chi connectivity index (χ2n) is 25.8. The number of rotatable bonds is 21. The van der Waals surface area contributed by atoms with Gasteiger partial charge in [0.15, 0.2) is 33.0 Å². The van der Waals surface area contributed by atoms with E-state index in [1.54, 1.807) is 107 Å². The number of halogens is 7. The molecule has 26 nitrogen and oxygen atoms in total. The van der Waals surface area contributed by atoms with Crippen molar-refractivity contribution in [2.24, 2.45) is 11.5 Å². The molecule has 116 heavy (non-hydrogen) atoms. The number of nitrogens with two attached hydrogens (primary N) is 2. The summed E-state index contributed by atoms with van der Waals surface area (Å²) in [5.41, 5.74) is 16.1. The zero-order valence-electron chi connectivity index (χ0n) is 62.5. The molecule has 0 spiro atoms. The molecule has 0 aliphatic rings. The fourth-order valence-corrected chi connectivity index (χ4v) is 13.9. The molecule has 2 amide bonds. The van der Waals surface area contributed by atoms with E-state index in [0.717, 1.165) is 38.4 Å². The Hall–Kier alpha value is -10.0. The van der Waals surface area contributed by atoms with Crippen molar-refractivity contribution >= 4 is 147 Å². The number of methoxy groups -OCH3 is 1. The number of carbonyl (C=O) groups is 7. The fourth-order valence-electron chi connectivity index (χ4n) is 10.7. The molecule has 0 fully saturated rings. The van der Waals surface area contributed by atoms with E-state index in [2.05, 4.69) is 4.74 Å². The maximum Gasteiger partial charge on any atom is 0.337 e. The van der Waals surface area contributed by atoms with Crippen molar-refractivity contribution in [2.45, 2.75) is 112 Å². The van der Waals surface area contributed by atoms with E-state index in [1.165, 1.54) is 119 Å². The van der Waals surface area contributed by atoms with E-state index in [0.29, 0.717) is 67.0 Å². The summed E-state index contributed by atoms with van der Waals surface area (Å²) in [5, 5.41) is 52.5. The number of pyridine rings is 5. The Morgan fingerprint density at radius 1 is 0.440 bits per heavy atom. The van der Waals surface area contributed by atoms with Crippen LogP contribution in [0.25, 0.3) is 0 Å². The van der Waals surface area contributed by atoms with Crippen LogP contribution in [0.4, 0.5) is 0 Å². The quantitative estimate of drug-likeness (QED) is 0.0245. The van der Waals surface area contributed by atoms with Crippen LogP contribution in [0.3, 0.4) is 0 Å². The SMILES string of the molecule is Br.C.C.C.CC(=O)c1cc(Cl)cn(Cc2ccc(Cl)cc2S(C)(=O)=O)c1=N.CC(=O)c1cc(Cl)cn(Cc2cccc(C(C)(C)O)c2)c1=N.CC(=O)c1cc(Cl)cn(Cc2cccc(C(N)=O)c2)c1=N.CN(C)S(=O)(=O)c1ccc(Cn2cc(Cl)cc(C(N)=O)c2=N)cc1.COC(=O)c1cccc(Cn2cc(Cl)cc(C(C)=O)c2=N)c1. The Kier molecular flexibility index (Phi) is 39.0. The van der Waals surface area contributed by atoms with Gasteiger partial charge in [-0.05, 0) is 154 Å². The molecule has 620 valence electrons. The van der Waals surface area contributed by atoms with Crippen molar-refractivity contribution in [3.63, 3.8) is 0 Å². The van der Waals surface area contributed by atoms with E-state index in [4.69, 9.17) is 108 Å². The lowest BCUT2D eigenvalue weighted by molar-refractivity contribution is 0.0599. The van der Waals surface area contributed by atoms with E-state index < -0.39 is 43.2 Å². The summed E-state index contributed by atoms with van der Waals surface area (Å²) in [7, 11) is -2.73. The molecule has 10 aromatic rings. The van der Waals surface area contributed by atoms with Crippen LogP contribution in [0.5, 0.6) is 0 Å². The molecule has 0 aliphatic heterocycles. The molecule has 0 saturated heterocycles. The van der Waals surface area contributed by atoms with Crippen LogP contribution in [-0.4, -0.2) is 117 Å². The van der Waals surface area contributed by atoms with Gasteiger partial charge < -0.3 is 44.1 Å². The summed E-state index contributed by atoms with van der Waals surface area (Å²) < 4.78 is 61.4. The van der Waals surface area contributed by atoms with Crippen LogP contribution in [0.2, 0.25) is 30.1 Å². The third kappa shape index (κ3) is 28.4. The number of aliphatic hydroxyl groups is 1. The van der Waals surface area contributed by atoms with Gasteiger partial charge in [0.25, 0.3) is 5.91 Å². The highest BCUT2D eigenvalue weighted by atomic mass is 79.9. The molecular weight excluding hydrogens is 1720 g/mol. The molecule has 5 aromatic carbocycles. The van der Waals surface area contributed by atoms with Gasteiger partial charge in [-0.1, -0.05) is 159 Å². The lowest BCUT2D eigenvalue weighted by Crippen LogP contribution is -2.29. The highest BCUT2D eigenvalue weighted by molar-refractivity contribution is 8.93. The van der Waals surface area contributed by atoms with Crippen LogP contribution in [-0.2, 0) is 62.9 Å². The smallest absolute Gasteiger partial charge is 0.337 e. The second kappa shape index (κ2) is 44.3. The van der Waals surface area contributed by atoms with E-state index in [9.17, 15) is 55.5 Å². The minimum atomic E-state index is -3.49. The van der Waals surface area contributed by atoms with E-state index >= 15 is 0 Å². The highest BCUT2D eigenvalue weighted by Crippen LogP contribution is 2.25. The van der Waals surface area contributed by atoms with Crippen molar-refractivity contribution in [1.82, 2.24) is 27.1 Å². The number of carbonyl (C=O) groups excluding carboxylic acids is 7. The van der Waals surface area contributed by atoms with Crippen molar-refractivity contribution in [2.75, 3.05) is 27.5 Å². The number of sulfone groups is 1. The number of aromatic nitrogens is 5. The van der Waals surface area contributed by atoms with Gasteiger partial charge >= 0.3 is 5.97 Å². The summed E-state index contributed by atoms with van der Waals surface area (Å²) in [5.74, 6) is -2.58. The zero-order chi connectivity index (χ0) is 83.8. The monoisotopic (exact) mass is 1810 g/mol. The lowest BCUT2D eigenvalue weighted by atomic mass is 9.96. The summed E-state index contributed by atoms with van der Waals surface area (Å²) in [4.78, 5) is 80.6. The van der Waals surface area contributed by atoms with E-state index in [1.807, 2.05) is 36.4 Å². The van der Waals surface area contributed by atoms with Crippen LogP contribution < -0.4 is 38.9 Å². The van der Waals surface area contributed by atoms with Crippen LogP contribution in [0, 0.1) is 27.0 Å². The fraction of sp³-hybridized carbons (Fsp3) is 0.235. The standard InChI is InChI=1S/C17H19ClN2O2.C16H15ClN2O3.C15H14Cl2N2O3S.C15H17ClN4O3S.C15H14ClN3O2.3CH4.BrH/c1-11(21)15-8-14(18)10-20(16(15)19)9-12-5-4-6-13(7-12)17(2,3)22;1-10(20)14-7-13(17)9-19(15(14)18)8-11-4-3-5-12(6-11)16(21)22-2;1-9(20)13-5-12(17)8-19(15(13)18)7-10-3-4-11(16)6-14(10)23(2,21)22;1-19(2)24(22,23)12-5-3-10(4-6-12)8-20-9-11(16)7-13(14(20)17)15(18)21;1-9(20)13-6-12(16)8-19(14(13)17)7-10-3-2-4-11(5-10)15(18)21;;;;/h4-8,10,19,22H,9H2,1-3H3;3-7,9,18H,8H2,1-2H3;3-6,8,18H,7H2,1-2H3;3-7,9,17H,8H2,1-2H3,(H2,18,21);2-6,8,17H,7H2,1H3,(H2,18,21);3*1H4;1H. The minimum Gasteiger partial charge on any atom is -0.465 e. The maximum absolute atomic E-state index is 12.0. The van der Waals surface area contributed by atoms with Crippen LogP contribution >= 0.6 is 86.6 Å². The molecular formula is C81H92BrCl6N13O13S2. The van der Waals surface area contributed by atoms with Gasteiger partial charge in [-0.15, -0.1) is 17.0 Å². The van der Waals surface area contributed by atoms with Gasteiger partial charge in [0.1, 0.15) is 27.4 Å². The lowest BCUT2D eigenvalue weighted by Gasteiger charge is -2.19. The number of esters is 1. The third-order valence-corrected chi connectivity index (χ3v) is 20.7. The Morgan fingerprint density at radius 3 is 1.10 bits per heavy atom. The molecule has 35 heteroatoms. The molecule has 10 N–H and O–H groups in total. The topological polar surface area (TPSA) is 416 Å². The van der Waals surface area contributed by atoms with Gasteiger partial charge in [-0.2, -0.15) is 0 Å². The summed E-state index contributed by atoms with van der Waals surface area (Å²) in [6.07, 6.45) is 8.88. The number of sulfonamides is 1. The molecule has 10 rings (SSSR count). The summed E-state index contributed by atoms with van der Waals surface area (Å²) in [6.45, 7) is 10.4. The average molecular weight is 1810 g/mol. The Labute approximate surface area is 713 Å². The number of nitrogens with one attached hydrogen (secondary N) is 5. The van der Waals surface area contributed by atoms with Crippen molar-refractivity contribution in [1.29, 1.82) is 27.0 Å². The molecule has 5 aromatic heterocycles. The van der Waals surface area contributed by atoms with Crippen molar-refractivity contribution in [3.05, 3.63) is 306 Å². The van der Waals surface area contributed by atoms with Crippen LogP contribution in [0.1, 0.15) is 170 Å². The number of benzene rings is 5. The first kappa shape index (κ1) is 102. The number of hydrogen-bond donors (Lipinski definition) is 8. The summed E-state index contributed by atoms with van der Waals surface area (Å²) in [6, 6.07) is 39.3. The highest BCUT2D eigenvalue weighted by Gasteiger charge is 2.21. The predicted octanol–water partition coefficient (Wildman–Crippen LogP) is 14.2. The number of primary amides is 2. The number of ketones is 4. The summed E-state index contributed by atoms with van der Waals surface area (Å²) >= 11 is 35.9. The van der Waals surface area contributed by atoms with Crippen molar-refractivity contribution < 1.29 is 60.2 Å². The first-order valence-corrected chi connectivity index (χ1v) is 38.7. The maximum atomic E-state index is 12.0. The molecule has 0 bridgehead atoms. The molecule has 0 unspecified atom stereocenters. The van der Waals surface area contributed by atoms with Crippen LogP contribution in [0.15, 0.2) is 186 Å². The molecule has 5 heterocycles. The molecule has 0 aliphatic carbocycles. The number of hydrogen-bond acceptors (Lipinski definition) is 18. The average Bonchev–Trinajstić information content (AvgIpc) is 0.811. The normalized spacial score (nSPS) is 10.7. The van der Waals surface area contributed by atoms with Gasteiger partial charge in [-0.25, -0.2) is 25.9 Å². The second-order valence-corrected chi connectivity index (χ2v) is 32.6. The van der Waals surface area contributed by atoms with Gasteiger partial charge in [0, 0.05) is 88.1 Å². The first-order chi connectivity index (χ1) is 52.2. The number of ether oxygens (including phenoxy) is 1. The van der Waals surface area contributed by atoms with Gasteiger partial charge in [-0.3, -0.25) is 55.8 Å². The first-order valence-electron chi connectivity index (χ1n) is 33.1. The third-order valence-electron chi connectivity index (χ3n) is 16.4. The number of Topliss-reactive ketones (excluding diaryl/α,β-unsaturated/α-hetero) is 4. The Bertz CT molecular complexity index is 5900. The van der Waals surface area contributed by atoms with Gasteiger partial charge in [0.2, 0.25) is 15.9 Å². The largest absolute Gasteiger partial charge is 0.465 e. The zero-order valence-corrected chi connectivity index (χ0v) is 70.3. The van der Waals surface area contributed by atoms with Crippen molar-refractivity contribution in [3.8, 4) is 0 Å². The number of nitrogens with zero attached hydrogens (tertiary/aromatic N) is 6. The minimum absolute atomic E-state index is 0. The molecule has 0 radical (unpaired) electrons. The van der Waals surface area contributed by atoms with Gasteiger partial charge in [0.05, 0.1) is 87.5 Å². The molecule has 0 saturated carbocycles. The molecule has 0 atom stereocenters. The predicted molar refractivity (Wildman–Crippen MR) is 457 cm³/mol. The van der Waals surface area contributed by atoms with E-state index in [-0.39, 0.29) is 140 Å². The number of amides is 2. The Morgan fingerprint density at radius 2 is 0.767 bits per heavy atom.